The minimum atomic E-state index is -0.482. The molecule has 0 amide bonds. The largest absolute Gasteiger partial charge is 0.493 e. The minimum absolute atomic E-state index is 0.245. The number of rotatable bonds is 4. The average Bonchev–Trinajstić information content (AvgIpc) is 2.45. The van der Waals surface area contributed by atoms with Crippen molar-refractivity contribution in [2.75, 3.05) is 14.2 Å². The summed E-state index contributed by atoms with van der Waals surface area (Å²) in [4.78, 5) is 12.5. The van der Waals surface area contributed by atoms with Gasteiger partial charge in [0.15, 0.2) is 17.3 Å². The summed E-state index contributed by atoms with van der Waals surface area (Å²) >= 11 is 6.50. The van der Waals surface area contributed by atoms with Crippen LogP contribution in [-0.2, 0) is 0 Å². The predicted molar refractivity (Wildman–Crippen MR) is 84.8 cm³/mol. The lowest BCUT2D eigenvalue weighted by Crippen LogP contribution is -2.04. The lowest BCUT2D eigenvalue weighted by molar-refractivity contribution is 0.103. The van der Waals surface area contributed by atoms with E-state index in [9.17, 15) is 9.18 Å². The highest BCUT2D eigenvalue weighted by molar-refractivity contribution is 9.10. The number of carbonyl (C=O) groups is 1. The summed E-state index contributed by atoms with van der Waals surface area (Å²) in [5.74, 6) is 0.133. The van der Waals surface area contributed by atoms with Crippen LogP contribution in [0.25, 0.3) is 0 Å². The van der Waals surface area contributed by atoms with Gasteiger partial charge in [0.1, 0.15) is 5.82 Å². The maximum Gasteiger partial charge on any atom is 0.194 e. The Hall–Kier alpha value is -1.40. The summed E-state index contributed by atoms with van der Waals surface area (Å²) in [6.45, 7) is 0. The number of halogens is 3. The normalized spacial score (nSPS) is 10.3. The van der Waals surface area contributed by atoms with E-state index >= 15 is 0 Å². The van der Waals surface area contributed by atoms with Crippen LogP contribution in [0.1, 0.15) is 15.9 Å². The minimum Gasteiger partial charge on any atom is -0.493 e. The van der Waals surface area contributed by atoms with Crippen LogP contribution in [0.5, 0.6) is 11.5 Å². The van der Waals surface area contributed by atoms with Crippen LogP contribution in [0.2, 0.25) is 0 Å². The number of carbonyl (C=O) groups excluding carboxylic acids is 1. The molecule has 0 heterocycles. The van der Waals surface area contributed by atoms with Crippen LogP contribution in [0.4, 0.5) is 4.39 Å². The predicted octanol–water partition coefficient (Wildman–Crippen LogP) is 4.60. The van der Waals surface area contributed by atoms with E-state index < -0.39 is 5.82 Å². The summed E-state index contributed by atoms with van der Waals surface area (Å²) < 4.78 is 24.8. The van der Waals surface area contributed by atoms with Gasteiger partial charge in [-0.15, -0.1) is 0 Å². The Morgan fingerprint density at radius 2 is 1.62 bits per heavy atom. The standard InChI is InChI=1S/C15H11Br2FO3/c1-20-13-6-11(12(17)7-14(13)21-2)15(19)8-3-9(16)5-10(18)4-8/h3-7H,1-2H3. The molecule has 0 aromatic heterocycles. The third-order valence-electron chi connectivity index (χ3n) is 2.84. The second-order valence-corrected chi connectivity index (χ2v) is 5.94. The summed E-state index contributed by atoms with van der Waals surface area (Å²) in [6, 6.07) is 7.25. The van der Waals surface area contributed by atoms with Gasteiger partial charge in [0, 0.05) is 20.1 Å². The van der Waals surface area contributed by atoms with Crippen molar-refractivity contribution in [1.29, 1.82) is 0 Å². The van der Waals surface area contributed by atoms with Crippen molar-refractivity contribution in [3.63, 3.8) is 0 Å². The molecule has 0 saturated heterocycles. The van der Waals surface area contributed by atoms with E-state index in [0.717, 1.165) is 0 Å². The maximum absolute atomic E-state index is 13.4. The van der Waals surface area contributed by atoms with Gasteiger partial charge >= 0.3 is 0 Å². The fourth-order valence-corrected chi connectivity index (χ4v) is 2.84. The van der Waals surface area contributed by atoms with Gasteiger partial charge < -0.3 is 9.47 Å². The van der Waals surface area contributed by atoms with E-state index in [1.54, 1.807) is 18.2 Å². The van der Waals surface area contributed by atoms with Crippen LogP contribution < -0.4 is 9.47 Å². The molecule has 0 unspecified atom stereocenters. The van der Waals surface area contributed by atoms with Gasteiger partial charge in [-0.2, -0.15) is 0 Å². The molecule has 0 bridgehead atoms. The van der Waals surface area contributed by atoms with Crippen molar-refractivity contribution >= 4 is 37.6 Å². The Balaban J connectivity index is 2.52. The summed E-state index contributed by atoms with van der Waals surface area (Å²) in [5.41, 5.74) is 0.611. The molecule has 110 valence electrons. The quantitative estimate of drug-likeness (QED) is 0.682. The van der Waals surface area contributed by atoms with Crippen molar-refractivity contribution in [2.24, 2.45) is 0 Å². The molecule has 0 fully saturated rings. The fourth-order valence-electron chi connectivity index (χ4n) is 1.87. The Kier molecular flexibility index (Phi) is 5.00. The van der Waals surface area contributed by atoms with Crippen molar-refractivity contribution in [3.05, 3.63) is 56.2 Å². The number of benzene rings is 2. The molecule has 3 nitrogen and oxygen atoms in total. The van der Waals surface area contributed by atoms with E-state index in [1.165, 1.54) is 26.4 Å². The van der Waals surface area contributed by atoms with Crippen molar-refractivity contribution in [1.82, 2.24) is 0 Å². The van der Waals surface area contributed by atoms with Crippen molar-refractivity contribution in [2.45, 2.75) is 0 Å². The lowest BCUT2D eigenvalue weighted by Gasteiger charge is -2.11. The van der Waals surface area contributed by atoms with Gasteiger partial charge in [-0.3, -0.25) is 4.79 Å². The van der Waals surface area contributed by atoms with Gasteiger partial charge in [-0.25, -0.2) is 4.39 Å². The van der Waals surface area contributed by atoms with E-state index in [1.807, 2.05) is 0 Å². The van der Waals surface area contributed by atoms with Gasteiger partial charge in [0.25, 0.3) is 0 Å². The molecule has 0 N–H and O–H groups in total. The Labute approximate surface area is 138 Å². The highest BCUT2D eigenvalue weighted by Crippen LogP contribution is 2.34. The molecule has 2 rings (SSSR count). The smallest absolute Gasteiger partial charge is 0.194 e. The van der Waals surface area contributed by atoms with Crippen LogP contribution in [0, 0.1) is 5.82 Å². The molecule has 21 heavy (non-hydrogen) atoms. The van der Waals surface area contributed by atoms with E-state index in [2.05, 4.69) is 31.9 Å². The van der Waals surface area contributed by atoms with Gasteiger partial charge in [-0.05, 0) is 46.3 Å². The first-order valence-corrected chi connectivity index (χ1v) is 7.47. The van der Waals surface area contributed by atoms with E-state index in [-0.39, 0.29) is 11.3 Å². The number of hydrogen-bond donors (Lipinski definition) is 0. The third-order valence-corrected chi connectivity index (χ3v) is 3.96. The summed E-state index contributed by atoms with van der Waals surface area (Å²) in [7, 11) is 2.99. The molecule has 0 aliphatic carbocycles. The molecular formula is C15H11Br2FO3. The number of ketones is 1. The Bertz CT molecular complexity index is 681. The molecule has 6 heteroatoms. The van der Waals surface area contributed by atoms with Crippen LogP contribution in [0.3, 0.4) is 0 Å². The zero-order valence-electron chi connectivity index (χ0n) is 11.2. The highest BCUT2D eigenvalue weighted by atomic mass is 79.9. The van der Waals surface area contributed by atoms with Crippen molar-refractivity contribution < 1.29 is 18.7 Å². The highest BCUT2D eigenvalue weighted by Gasteiger charge is 2.18. The van der Waals surface area contributed by atoms with Crippen LogP contribution in [-0.4, -0.2) is 20.0 Å². The topological polar surface area (TPSA) is 35.5 Å². The number of methoxy groups -OCH3 is 2. The van der Waals surface area contributed by atoms with Crippen LogP contribution >= 0.6 is 31.9 Å². The monoisotopic (exact) mass is 416 g/mol. The maximum atomic E-state index is 13.4. The molecule has 0 aliphatic heterocycles. The summed E-state index contributed by atoms with van der Waals surface area (Å²) in [5, 5.41) is 0. The third kappa shape index (κ3) is 3.44. The number of ether oxygens (including phenoxy) is 2. The van der Waals surface area contributed by atoms with Gasteiger partial charge in [-0.1, -0.05) is 15.9 Å². The van der Waals surface area contributed by atoms with Crippen molar-refractivity contribution in [3.8, 4) is 11.5 Å². The molecule has 2 aromatic rings. The first kappa shape index (κ1) is 16.0. The molecule has 2 aromatic carbocycles. The Morgan fingerprint density at radius 1 is 1.00 bits per heavy atom. The van der Waals surface area contributed by atoms with E-state index in [4.69, 9.17) is 9.47 Å². The Morgan fingerprint density at radius 3 is 2.19 bits per heavy atom. The second kappa shape index (κ2) is 6.58. The molecule has 0 radical (unpaired) electrons. The average molecular weight is 418 g/mol. The fraction of sp³-hybridized carbons (Fsp3) is 0.133. The molecule has 0 aliphatic rings. The first-order chi connectivity index (χ1) is 9.96. The molecule has 0 spiro atoms. The second-order valence-electron chi connectivity index (χ2n) is 4.17. The molecular weight excluding hydrogens is 407 g/mol. The first-order valence-electron chi connectivity index (χ1n) is 5.88. The lowest BCUT2D eigenvalue weighted by atomic mass is 10.0. The summed E-state index contributed by atoms with van der Waals surface area (Å²) in [6.07, 6.45) is 0. The molecule has 0 saturated carbocycles. The zero-order valence-corrected chi connectivity index (χ0v) is 14.4. The van der Waals surface area contributed by atoms with Gasteiger partial charge in [0.2, 0.25) is 0 Å². The van der Waals surface area contributed by atoms with E-state index in [0.29, 0.717) is 26.0 Å². The molecule has 0 atom stereocenters. The van der Waals surface area contributed by atoms with Gasteiger partial charge in [0.05, 0.1) is 14.2 Å². The SMILES string of the molecule is COc1cc(Br)c(C(=O)c2cc(F)cc(Br)c2)cc1OC. The number of hydrogen-bond acceptors (Lipinski definition) is 3. The van der Waals surface area contributed by atoms with Crippen LogP contribution in [0.15, 0.2) is 39.3 Å². The zero-order chi connectivity index (χ0) is 15.6.